The lowest BCUT2D eigenvalue weighted by Gasteiger charge is -2.36. The summed E-state index contributed by atoms with van der Waals surface area (Å²) in [6.07, 6.45) is 3.04. The third-order valence-electron chi connectivity index (χ3n) is 5.05. The molecule has 7 nitrogen and oxygen atoms in total. The lowest BCUT2D eigenvalue weighted by Crippen LogP contribution is -2.36. The lowest BCUT2D eigenvalue weighted by molar-refractivity contribution is -0.386. The van der Waals surface area contributed by atoms with Crippen molar-refractivity contribution in [3.8, 4) is 0 Å². The molecule has 0 unspecified atom stereocenters. The molecule has 0 aromatic carbocycles. The first-order chi connectivity index (χ1) is 11.2. The van der Waals surface area contributed by atoms with Crippen LogP contribution in [0.5, 0.6) is 0 Å². The van der Waals surface area contributed by atoms with E-state index in [2.05, 4.69) is 25.9 Å². The first kappa shape index (κ1) is 18.4. The maximum absolute atomic E-state index is 12.3. The van der Waals surface area contributed by atoms with Crippen molar-refractivity contribution in [1.29, 1.82) is 0 Å². The van der Waals surface area contributed by atoms with E-state index in [9.17, 15) is 14.9 Å². The van der Waals surface area contributed by atoms with Crippen LogP contribution in [-0.2, 0) is 16.1 Å². The summed E-state index contributed by atoms with van der Waals surface area (Å²) in [5.74, 6) is 1.01. The molecule has 0 aliphatic heterocycles. The monoisotopic (exact) mass is 337 g/mol. The van der Waals surface area contributed by atoms with Crippen molar-refractivity contribution in [3.63, 3.8) is 0 Å². The van der Waals surface area contributed by atoms with Crippen LogP contribution < -0.4 is 0 Å². The number of carbonyl (C=O) groups is 1. The van der Waals surface area contributed by atoms with Crippen LogP contribution in [0.2, 0.25) is 0 Å². The molecular weight excluding hydrogens is 310 g/mol. The highest BCUT2D eigenvalue weighted by atomic mass is 16.6. The third kappa shape index (κ3) is 3.94. The summed E-state index contributed by atoms with van der Waals surface area (Å²) in [6, 6.07) is 0. The number of aromatic nitrogens is 2. The normalized spacial score (nSPS) is 24.2. The second-order valence-corrected chi connectivity index (χ2v) is 7.29. The molecule has 0 saturated heterocycles. The zero-order chi connectivity index (χ0) is 18.0. The van der Waals surface area contributed by atoms with Crippen molar-refractivity contribution in [2.75, 3.05) is 0 Å². The molecule has 1 fully saturated rings. The van der Waals surface area contributed by atoms with E-state index in [1.54, 1.807) is 13.8 Å². The minimum Gasteiger partial charge on any atom is -0.461 e. The Kier molecular flexibility index (Phi) is 5.62. The fraction of sp³-hybridized carbons (Fsp3) is 0.765. The molecule has 3 atom stereocenters. The van der Waals surface area contributed by atoms with Gasteiger partial charge in [-0.15, -0.1) is 0 Å². The van der Waals surface area contributed by atoms with Gasteiger partial charge in [-0.3, -0.25) is 19.6 Å². The summed E-state index contributed by atoms with van der Waals surface area (Å²) >= 11 is 0. The number of rotatable bonds is 5. The molecule has 24 heavy (non-hydrogen) atoms. The van der Waals surface area contributed by atoms with Crippen molar-refractivity contribution in [2.45, 2.75) is 66.5 Å². The summed E-state index contributed by atoms with van der Waals surface area (Å²) in [4.78, 5) is 22.9. The standard InChI is InChI=1S/C17H27N3O4/c1-10(2)14-7-6-11(3)8-15(14)24-16(21)9-19-13(5)17(20(22)23)12(4)18-19/h10-11,14-15H,6-9H2,1-5H3/t11-,14-,15+/m1/s1. The van der Waals surface area contributed by atoms with Gasteiger partial charge < -0.3 is 4.74 Å². The highest BCUT2D eigenvalue weighted by Crippen LogP contribution is 2.35. The Balaban J connectivity index is 2.07. The average molecular weight is 337 g/mol. The fourth-order valence-corrected chi connectivity index (χ4v) is 3.68. The number of nitrogens with zero attached hydrogens (tertiary/aromatic N) is 3. The van der Waals surface area contributed by atoms with E-state index < -0.39 is 4.92 Å². The molecule has 1 aromatic rings. The topological polar surface area (TPSA) is 87.3 Å². The Hall–Kier alpha value is -1.92. The predicted molar refractivity (Wildman–Crippen MR) is 89.6 cm³/mol. The molecule has 1 aromatic heterocycles. The number of nitro groups is 1. The lowest BCUT2D eigenvalue weighted by atomic mass is 9.75. The van der Waals surface area contributed by atoms with E-state index in [1.807, 2.05) is 0 Å². The maximum Gasteiger partial charge on any atom is 0.328 e. The van der Waals surface area contributed by atoms with Crippen LogP contribution in [0.1, 0.15) is 51.4 Å². The molecule has 0 N–H and O–H groups in total. The number of carbonyl (C=O) groups excluding carboxylic acids is 1. The summed E-state index contributed by atoms with van der Waals surface area (Å²) < 4.78 is 7.10. The van der Waals surface area contributed by atoms with Gasteiger partial charge in [-0.25, -0.2) is 0 Å². The molecule has 134 valence electrons. The Morgan fingerprint density at radius 3 is 2.62 bits per heavy atom. The van der Waals surface area contributed by atoms with Crippen LogP contribution in [0.3, 0.4) is 0 Å². The van der Waals surface area contributed by atoms with E-state index in [0.717, 1.165) is 12.8 Å². The number of ether oxygens (including phenoxy) is 1. The van der Waals surface area contributed by atoms with Gasteiger partial charge in [-0.1, -0.05) is 27.2 Å². The summed E-state index contributed by atoms with van der Waals surface area (Å²) in [7, 11) is 0. The quantitative estimate of drug-likeness (QED) is 0.467. The van der Waals surface area contributed by atoms with Gasteiger partial charge in [-0.2, -0.15) is 5.10 Å². The average Bonchev–Trinajstić information content (AvgIpc) is 2.72. The van der Waals surface area contributed by atoms with Crippen molar-refractivity contribution in [3.05, 3.63) is 21.5 Å². The third-order valence-corrected chi connectivity index (χ3v) is 5.05. The van der Waals surface area contributed by atoms with Gasteiger partial charge >= 0.3 is 11.7 Å². The second-order valence-electron chi connectivity index (χ2n) is 7.29. The van der Waals surface area contributed by atoms with Gasteiger partial charge in [-0.05, 0) is 44.4 Å². The van der Waals surface area contributed by atoms with Crippen molar-refractivity contribution < 1.29 is 14.5 Å². The zero-order valence-electron chi connectivity index (χ0n) is 15.1. The van der Waals surface area contributed by atoms with Gasteiger partial charge in [0, 0.05) is 0 Å². The smallest absolute Gasteiger partial charge is 0.328 e. The zero-order valence-corrected chi connectivity index (χ0v) is 15.1. The molecule has 0 amide bonds. The van der Waals surface area contributed by atoms with Gasteiger partial charge in [0.1, 0.15) is 24.0 Å². The van der Waals surface area contributed by atoms with Crippen molar-refractivity contribution in [1.82, 2.24) is 9.78 Å². The largest absolute Gasteiger partial charge is 0.461 e. The van der Waals surface area contributed by atoms with E-state index in [-0.39, 0.29) is 24.3 Å². The maximum atomic E-state index is 12.3. The van der Waals surface area contributed by atoms with Crippen LogP contribution in [0.15, 0.2) is 0 Å². The molecule has 0 radical (unpaired) electrons. The first-order valence-corrected chi connectivity index (χ1v) is 8.58. The van der Waals surface area contributed by atoms with Crippen LogP contribution in [-0.4, -0.2) is 26.8 Å². The summed E-state index contributed by atoms with van der Waals surface area (Å²) in [6.45, 7) is 9.59. The number of hydrogen-bond donors (Lipinski definition) is 0. The molecule has 0 bridgehead atoms. The fourth-order valence-electron chi connectivity index (χ4n) is 3.68. The summed E-state index contributed by atoms with van der Waals surface area (Å²) in [5, 5.41) is 15.2. The molecule has 1 saturated carbocycles. The van der Waals surface area contributed by atoms with Gasteiger partial charge in [0.25, 0.3) is 0 Å². The Morgan fingerprint density at radius 1 is 1.42 bits per heavy atom. The molecule has 1 aliphatic rings. The van der Waals surface area contributed by atoms with Crippen LogP contribution in [0.25, 0.3) is 0 Å². The Bertz CT molecular complexity index is 624. The Morgan fingerprint density at radius 2 is 2.08 bits per heavy atom. The number of esters is 1. The van der Waals surface area contributed by atoms with Crippen LogP contribution in [0.4, 0.5) is 5.69 Å². The highest BCUT2D eigenvalue weighted by Gasteiger charge is 2.33. The molecule has 7 heteroatoms. The second kappa shape index (κ2) is 7.32. The van der Waals surface area contributed by atoms with E-state index >= 15 is 0 Å². The van der Waals surface area contributed by atoms with Gasteiger partial charge in [0.05, 0.1) is 4.92 Å². The highest BCUT2D eigenvalue weighted by molar-refractivity contribution is 5.69. The molecule has 2 rings (SSSR count). The molecule has 1 heterocycles. The van der Waals surface area contributed by atoms with Gasteiger partial charge in [0.15, 0.2) is 0 Å². The minimum absolute atomic E-state index is 0.0332. The molecular formula is C17H27N3O4. The van der Waals surface area contributed by atoms with Crippen LogP contribution >= 0.6 is 0 Å². The summed E-state index contributed by atoms with van der Waals surface area (Å²) in [5.41, 5.74) is 0.665. The molecule has 0 spiro atoms. The van der Waals surface area contributed by atoms with E-state index in [4.69, 9.17) is 4.74 Å². The first-order valence-electron chi connectivity index (χ1n) is 8.58. The van der Waals surface area contributed by atoms with Crippen molar-refractivity contribution >= 4 is 11.7 Å². The predicted octanol–water partition coefficient (Wildman–Crippen LogP) is 3.41. The van der Waals surface area contributed by atoms with E-state index in [1.165, 1.54) is 11.1 Å². The van der Waals surface area contributed by atoms with Crippen molar-refractivity contribution in [2.24, 2.45) is 17.8 Å². The Labute approximate surface area is 142 Å². The number of aryl methyl sites for hydroxylation is 1. The SMILES string of the molecule is Cc1nn(CC(=O)O[C@H]2C[C@H](C)CC[C@@H]2C(C)C)c(C)c1[N+](=O)[O-]. The van der Waals surface area contributed by atoms with Gasteiger partial charge in [0.2, 0.25) is 0 Å². The minimum atomic E-state index is -0.461. The van der Waals surface area contributed by atoms with E-state index in [0.29, 0.717) is 29.1 Å². The molecule has 1 aliphatic carbocycles. The number of hydrogen-bond acceptors (Lipinski definition) is 5. The van der Waals surface area contributed by atoms with Crippen LogP contribution in [0, 0.1) is 41.7 Å².